The Balaban J connectivity index is 1.76. The number of nitrogens with zero attached hydrogens (tertiary/aromatic N) is 2. The summed E-state index contributed by atoms with van der Waals surface area (Å²) in [6, 6.07) is 19.9. The molecular weight excluding hydrogens is 364 g/mol. The van der Waals surface area contributed by atoms with Gasteiger partial charge in [-0.25, -0.2) is 0 Å². The van der Waals surface area contributed by atoms with Crippen LogP contribution in [0.2, 0.25) is 0 Å². The molecule has 0 amide bonds. The van der Waals surface area contributed by atoms with E-state index in [0.29, 0.717) is 18.1 Å². The smallest absolute Gasteiger partial charge is 0.244 e. The summed E-state index contributed by atoms with van der Waals surface area (Å²) < 4.78 is 11.4. The van der Waals surface area contributed by atoms with E-state index >= 15 is 0 Å². The van der Waals surface area contributed by atoms with E-state index in [4.69, 9.17) is 15.2 Å². The summed E-state index contributed by atoms with van der Waals surface area (Å²) in [5.41, 5.74) is 9.93. The SMILES string of the molecule is CCCCOc1ccc(C2C(C#N)=C(N)Oc3n[nH]c(-c4ccccc4)c32)cc1. The predicted octanol–water partition coefficient (Wildman–Crippen LogP) is 4.47. The Kier molecular flexibility index (Phi) is 5.21. The topological polar surface area (TPSA) is 96.9 Å². The maximum Gasteiger partial charge on any atom is 0.244 e. The van der Waals surface area contributed by atoms with Crippen LogP contribution in [-0.4, -0.2) is 16.8 Å². The molecule has 1 unspecified atom stereocenters. The minimum absolute atomic E-state index is 0.0828. The van der Waals surface area contributed by atoms with Crippen molar-refractivity contribution < 1.29 is 9.47 Å². The summed E-state index contributed by atoms with van der Waals surface area (Å²) >= 11 is 0. The molecule has 0 spiro atoms. The molecule has 1 atom stereocenters. The van der Waals surface area contributed by atoms with Crippen LogP contribution in [0.25, 0.3) is 11.3 Å². The number of aromatic amines is 1. The van der Waals surface area contributed by atoms with Crippen molar-refractivity contribution in [1.82, 2.24) is 10.2 Å². The Bertz CT molecular complexity index is 1060. The molecule has 1 aliphatic rings. The summed E-state index contributed by atoms with van der Waals surface area (Å²) in [5.74, 6) is 0.913. The number of benzene rings is 2. The maximum absolute atomic E-state index is 9.79. The molecule has 4 rings (SSSR count). The largest absolute Gasteiger partial charge is 0.494 e. The van der Waals surface area contributed by atoms with E-state index in [1.54, 1.807) is 0 Å². The molecule has 0 radical (unpaired) electrons. The first-order valence-corrected chi connectivity index (χ1v) is 9.67. The second kappa shape index (κ2) is 8.11. The number of nitriles is 1. The molecule has 1 aliphatic heterocycles. The molecule has 2 aromatic carbocycles. The molecule has 6 nitrogen and oxygen atoms in total. The number of ether oxygens (including phenoxy) is 2. The molecule has 2 heterocycles. The van der Waals surface area contributed by atoms with Crippen LogP contribution in [0.5, 0.6) is 11.6 Å². The van der Waals surface area contributed by atoms with Gasteiger partial charge in [0.15, 0.2) is 0 Å². The van der Waals surface area contributed by atoms with Gasteiger partial charge in [-0.2, -0.15) is 5.26 Å². The zero-order valence-electron chi connectivity index (χ0n) is 16.2. The number of unbranched alkanes of at least 4 members (excludes halogenated alkanes) is 1. The molecule has 1 aromatic heterocycles. The second-order valence-corrected chi connectivity index (χ2v) is 6.88. The predicted molar refractivity (Wildman–Crippen MR) is 110 cm³/mol. The van der Waals surface area contributed by atoms with Gasteiger partial charge in [0.05, 0.1) is 23.8 Å². The standard InChI is InChI=1S/C23H22N4O2/c1-2-3-13-28-17-11-9-15(10-12-17)19-18(14-24)22(25)29-23-20(19)21(26-27-23)16-7-5-4-6-8-16/h4-12,19H,2-3,13,25H2,1H3,(H,26,27). The number of rotatable bonds is 6. The first-order valence-electron chi connectivity index (χ1n) is 9.67. The van der Waals surface area contributed by atoms with E-state index in [1.165, 1.54) is 0 Å². The van der Waals surface area contributed by atoms with Gasteiger partial charge in [-0.3, -0.25) is 5.10 Å². The first-order chi connectivity index (χ1) is 14.2. The molecular formula is C23H22N4O2. The molecule has 0 bridgehead atoms. The zero-order chi connectivity index (χ0) is 20.2. The molecule has 3 aromatic rings. The average molecular weight is 386 g/mol. The van der Waals surface area contributed by atoms with Gasteiger partial charge in [0.1, 0.15) is 17.4 Å². The van der Waals surface area contributed by atoms with E-state index in [9.17, 15) is 5.26 Å². The van der Waals surface area contributed by atoms with E-state index in [-0.39, 0.29) is 11.8 Å². The van der Waals surface area contributed by atoms with Crippen LogP contribution < -0.4 is 15.2 Å². The Labute approximate surface area is 169 Å². The summed E-state index contributed by atoms with van der Waals surface area (Å²) in [4.78, 5) is 0. The molecule has 29 heavy (non-hydrogen) atoms. The van der Waals surface area contributed by atoms with Crippen LogP contribution in [0.15, 0.2) is 66.1 Å². The van der Waals surface area contributed by atoms with Crippen LogP contribution >= 0.6 is 0 Å². The van der Waals surface area contributed by atoms with Crippen molar-refractivity contribution in [1.29, 1.82) is 5.26 Å². The van der Waals surface area contributed by atoms with Crippen LogP contribution in [-0.2, 0) is 0 Å². The lowest BCUT2D eigenvalue weighted by Gasteiger charge is -2.24. The quantitative estimate of drug-likeness (QED) is 0.609. The van der Waals surface area contributed by atoms with Gasteiger partial charge < -0.3 is 15.2 Å². The highest BCUT2D eigenvalue weighted by atomic mass is 16.5. The van der Waals surface area contributed by atoms with Gasteiger partial charge >= 0.3 is 0 Å². The van der Waals surface area contributed by atoms with Crippen LogP contribution in [0.3, 0.4) is 0 Å². The van der Waals surface area contributed by atoms with Gasteiger partial charge in [-0.1, -0.05) is 55.8 Å². The Morgan fingerprint density at radius 3 is 2.62 bits per heavy atom. The zero-order valence-corrected chi connectivity index (χ0v) is 16.2. The minimum Gasteiger partial charge on any atom is -0.494 e. The Hall–Kier alpha value is -3.72. The number of fused-ring (bicyclic) bond motifs is 1. The van der Waals surface area contributed by atoms with Crippen LogP contribution in [0.4, 0.5) is 0 Å². The summed E-state index contributed by atoms with van der Waals surface area (Å²) in [6.45, 7) is 2.82. The third-order valence-electron chi connectivity index (χ3n) is 4.98. The van der Waals surface area contributed by atoms with Gasteiger partial charge in [-0.15, -0.1) is 5.10 Å². The molecule has 6 heteroatoms. The van der Waals surface area contributed by atoms with Crippen molar-refractivity contribution in [3.63, 3.8) is 0 Å². The molecule has 0 saturated heterocycles. The third-order valence-corrected chi connectivity index (χ3v) is 4.98. The number of nitrogens with one attached hydrogen (secondary N) is 1. The molecule has 0 saturated carbocycles. The molecule has 0 aliphatic carbocycles. The average Bonchev–Trinajstić information content (AvgIpc) is 3.17. The van der Waals surface area contributed by atoms with Crippen molar-refractivity contribution in [2.45, 2.75) is 25.7 Å². The number of allylic oxidation sites excluding steroid dienone is 1. The summed E-state index contributed by atoms with van der Waals surface area (Å²) in [6.07, 6.45) is 2.10. The number of hydrogen-bond donors (Lipinski definition) is 2. The normalized spacial score (nSPS) is 15.4. The second-order valence-electron chi connectivity index (χ2n) is 6.88. The lowest BCUT2D eigenvalue weighted by Crippen LogP contribution is -2.21. The third kappa shape index (κ3) is 3.55. The Morgan fingerprint density at radius 2 is 1.93 bits per heavy atom. The number of hydrogen-bond acceptors (Lipinski definition) is 5. The van der Waals surface area contributed by atoms with E-state index in [1.807, 2.05) is 54.6 Å². The highest BCUT2D eigenvalue weighted by Crippen LogP contribution is 2.45. The van der Waals surface area contributed by atoms with Crippen molar-refractivity contribution in [2.24, 2.45) is 5.73 Å². The number of H-pyrrole nitrogens is 1. The number of aromatic nitrogens is 2. The fourth-order valence-electron chi connectivity index (χ4n) is 3.49. The van der Waals surface area contributed by atoms with Crippen molar-refractivity contribution in [3.8, 4) is 29.0 Å². The van der Waals surface area contributed by atoms with E-state index in [2.05, 4.69) is 23.2 Å². The lowest BCUT2D eigenvalue weighted by atomic mass is 9.83. The van der Waals surface area contributed by atoms with Gasteiger partial charge in [0, 0.05) is 0 Å². The van der Waals surface area contributed by atoms with E-state index < -0.39 is 0 Å². The van der Waals surface area contributed by atoms with Crippen molar-refractivity contribution in [3.05, 3.63) is 77.2 Å². The van der Waals surface area contributed by atoms with Crippen LogP contribution in [0.1, 0.15) is 36.8 Å². The van der Waals surface area contributed by atoms with E-state index in [0.717, 1.165) is 41.0 Å². The van der Waals surface area contributed by atoms with Crippen molar-refractivity contribution in [2.75, 3.05) is 6.61 Å². The first kappa shape index (κ1) is 18.6. The fourth-order valence-corrected chi connectivity index (χ4v) is 3.49. The fraction of sp³-hybridized carbons (Fsp3) is 0.217. The monoisotopic (exact) mass is 386 g/mol. The highest BCUT2D eigenvalue weighted by molar-refractivity contribution is 5.70. The number of nitrogens with two attached hydrogens (primary N) is 1. The summed E-state index contributed by atoms with van der Waals surface area (Å²) in [7, 11) is 0. The molecule has 146 valence electrons. The van der Waals surface area contributed by atoms with Gasteiger partial charge in [0.25, 0.3) is 0 Å². The summed E-state index contributed by atoms with van der Waals surface area (Å²) in [5, 5.41) is 17.1. The Morgan fingerprint density at radius 1 is 1.17 bits per heavy atom. The highest BCUT2D eigenvalue weighted by Gasteiger charge is 2.35. The maximum atomic E-state index is 9.79. The molecule has 0 fully saturated rings. The van der Waals surface area contributed by atoms with Crippen molar-refractivity contribution >= 4 is 0 Å². The lowest BCUT2D eigenvalue weighted by molar-refractivity contribution is 0.309. The molecule has 3 N–H and O–H groups in total. The minimum atomic E-state index is -0.373. The van der Waals surface area contributed by atoms with Crippen LogP contribution in [0, 0.1) is 11.3 Å². The van der Waals surface area contributed by atoms with Gasteiger partial charge in [-0.05, 0) is 29.7 Å². The van der Waals surface area contributed by atoms with Gasteiger partial charge in [0.2, 0.25) is 11.8 Å².